The van der Waals surface area contributed by atoms with Gasteiger partial charge in [-0.2, -0.15) is 0 Å². The molecule has 1 spiro atoms. The SMILES string of the molecule is COc1cc(C(=O)N2CCC3(CC2)NC(=O)c2cc(OC(C)C)ccc2O3)cc2c(OC)cccc12. The van der Waals surface area contributed by atoms with Crippen LogP contribution >= 0.6 is 0 Å². The highest BCUT2D eigenvalue weighted by Gasteiger charge is 2.43. The third-order valence-electron chi connectivity index (χ3n) is 6.68. The van der Waals surface area contributed by atoms with E-state index in [-0.39, 0.29) is 17.9 Å². The van der Waals surface area contributed by atoms with Crippen LogP contribution in [0.1, 0.15) is 47.4 Å². The zero-order valence-corrected chi connectivity index (χ0v) is 20.9. The van der Waals surface area contributed by atoms with Crippen LogP contribution in [-0.2, 0) is 0 Å². The summed E-state index contributed by atoms with van der Waals surface area (Å²) in [5.74, 6) is 2.15. The molecular weight excluding hydrogens is 460 g/mol. The van der Waals surface area contributed by atoms with E-state index in [0.717, 1.165) is 10.8 Å². The fraction of sp³-hybridized carbons (Fsp3) is 0.357. The van der Waals surface area contributed by atoms with Crippen molar-refractivity contribution in [2.24, 2.45) is 0 Å². The summed E-state index contributed by atoms with van der Waals surface area (Å²) in [7, 11) is 3.20. The van der Waals surface area contributed by atoms with Gasteiger partial charge in [-0.1, -0.05) is 12.1 Å². The van der Waals surface area contributed by atoms with Gasteiger partial charge in [-0.25, -0.2) is 0 Å². The molecule has 3 aromatic carbocycles. The number of hydrogen-bond donors (Lipinski definition) is 1. The first-order chi connectivity index (χ1) is 17.3. The van der Waals surface area contributed by atoms with Crippen LogP contribution in [0.25, 0.3) is 10.8 Å². The van der Waals surface area contributed by atoms with Gasteiger partial charge >= 0.3 is 0 Å². The molecule has 8 nitrogen and oxygen atoms in total. The third-order valence-corrected chi connectivity index (χ3v) is 6.68. The minimum absolute atomic E-state index is 0.00693. The zero-order chi connectivity index (χ0) is 25.4. The van der Waals surface area contributed by atoms with Gasteiger partial charge in [0.2, 0.25) is 0 Å². The third kappa shape index (κ3) is 4.27. The number of carbonyl (C=O) groups is 2. The number of fused-ring (bicyclic) bond motifs is 2. The number of methoxy groups -OCH3 is 2. The van der Waals surface area contributed by atoms with Gasteiger partial charge in [0.1, 0.15) is 23.0 Å². The van der Waals surface area contributed by atoms with Crippen molar-refractivity contribution in [2.75, 3.05) is 27.3 Å². The summed E-state index contributed by atoms with van der Waals surface area (Å²) in [6.45, 7) is 4.75. The predicted octanol–water partition coefficient (Wildman–Crippen LogP) is 4.40. The Kier molecular flexibility index (Phi) is 6.12. The molecule has 2 heterocycles. The Bertz CT molecular complexity index is 1330. The fourth-order valence-corrected chi connectivity index (χ4v) is 4.91. The van der Waals surface area contributed by atoms with Crippen molar-refractivity contribution >= 4 is 22.6 Å². The number of hydrogen-bond acceptors (Lipinski definition) is 6. The Morgan fingerprint density at radius 3 is 2.44 bits per heavy atom. The van der Waals surface area contributed by atoms with Crippen LogP contribution in [0, 0.1) is 0 Å². The highest BCUT2D eigenvalue weighted by atomic mass is 16.5. The van der Waals surface area contributed by atoms with Crippen LogP contribution < -0.4 is 24.3 Å². The van der Waals surface area contributed by atoms with Gasteiger partial charge in [0, 0.05) is 42.3 Å². The molecule has 2 amide bonds. The van der Waals surface area contributed by atoms with Crippen molar-refractivity contribution in [3.05, 3.63) is 59.7 Å². The number of nitrogens with zero attached hydrogens (tertiary/aromatic N) is 1. The average Bonchev–Trinajstić information content (AvgIpc) is 2.87. The Morgan fingerprint density at radius 2 is 1.75 bits per heavy atom. The number of nitrogens with one attached hydrogen (secondary N) is 1. The van der Waals surface area contributed by atoms with Crippen LogP contribution in [0.4, 0.5) is 0 Å². The molecule has 0 bridgehead atoms. The summed E-state index contributed by atoms with van der Waals surface area (Å²) >= 11 is 0. The molecule has 0 aliphatic carbocycles. The lowest BCUT2D eigenvalue weighted by atomic mass is 9.96. The molecule has 8 heteroatoms. The maximum atomic E-state index is 13.5. The van der Waals surface area contributed by atoms with Crippen LogP contribution in [-0.4, -0.2) is 55.9 Å². The molecule has 0 saturated carbocycles. The second kappa shape index (κ2) is 9.26. The maximum absolute atomic E-state index is 13.5. The summed E-state index contributed by atoms with van der Waals surface area (Å²) in [5.41, 5.74) is 0.136. The van der Waals surface area contributed by atoms with E-state index in [9.17, 15) is 9.59 Å². The van der Waals surface area contributed by atoms with Crippen molar-refractivity contribution in [1.29, 1.82) is 0 Å². The minimum Gasteiger partial charge on any atom is -0.496 e. The number of carbonyl (C=O) groups excluding carboxylic acids is 2. The molecule has 1 fully saturated rings. The predicted molar refractivity (Wildman–Crippen MR) is 135 cm³/mol. The van der Waals surface area contributed by atoms with Gasteiger partial charge in [-0.05, 0) is 50.2 Å². The normalized spacial score (nSPS) is 16.4. The molecule has 0 radical (unpaired) electrons. The lowest BCUT2D eigenvalue weighted by Crippen LogP contribution is -2.61. The number of rotatable bonds is 5. The molecule has 3 aromatic rings. The first-order valence-corrected chi connectivity index (χ1v) is 12.1. The number of amides is 2. The second-order valence-corrected chi connectivity index (χ2v) is 9.40. The summed E-state index contributed by atoms with van der Waals surface area (Å²) < 4.78 is 23.1. The molecule has 2 aliphatic heterocycles. The molecule has 1 N–H and O–H groups in total. The molecule has 1 saturated heterocycles. The highest BCUT2D eigenvalue weighted by molar-refractivity contribution is 6.03. The highest BCUT2D eigenvalue weighted by Crippen LogP contribution is 2.37. The molecule has 36 heavy (non-hydrogen) atoms. The van der Waals surface area contributed by atoms with Gasteiger partial charge in [0.25, 0.3) is 11.8 Å². The van der Waals surface area contributed by atoms with Gasteiger partial charge in [-0.3, -0.25) is 9.59 Å². The summed E-state index contributed by atoms with van der Waals surface area (Å²) in [6.07, 6.45) is 0.956. The van der Waals surface area contributed by atoms with Crippen molar-refractivity contribution in [3.63, 3.8) is 0 Å². The van der Waals surface area contributed by atoms with Crippen molar-refractivity contribution in [3.8, 4) is 23.0 Å². The molecule has 2 aliphatic rings. The van der Waals surface area contributed by atoms with E-state index in [1.54, 1.807) is 37.3 Å². The van der Waals surface area contributed by atoms with E-state index in [4.69, 9.17) is 18.9 Å². The first kappa shape index (κ1) is 23.8. The molecule has 0 atom stereocenters. The molecule has 0 aromatic heterocycles. The largest absolute Gasteiger partial charge is 0.496 e. The summed E-state index contributed by atoms with van der Waals surface area (Å²) in [5, 5.41) is 4.73. The lowest BCUT2D eigenvalue weighted by molar-refractivity contribution is -0.0246. The Morgan fingerprint density at radius 1 is 1.00 bits per heavy atom. The van der Waals surface area contributed by atoms with Crippen LogP contribution in [0.3, 0.4) is 0 Å². The van der Waals surface area contributed by atoms with E-state index < -0.39 is 5.72 Å². The molecule has 188 valence electrons. The second-order valence-electron chi connectivity index (χ2n) is 9.40. The molecule has 5 rings (SSSR count). The van der Waals surface area contributed by atoms with E-state index in [1.807, 2.05) is 44.2 Å². The zero-order valence-electron chi connectivity index (χ0n) is 20.9. The number of benzene rings is 3. The summed E-state index contributed by atoms with van der Waals surface area (Å²) in [4.78, 5) is 28.2. The van der Waals surface area contributed by atoms with Crippen molar-refractivity contribution in [2.45, 2.75) is 38.5 Å². The van der Waals surface area contributed by atoms with Crippen molar-refractivity contribution < 1.29 is 28.5 Å². The van der Waals surface area contributed by atoms with Gasteiger partial charge in [0.15, 0.2) is 5.72 Å². The Hall–Kier alpha value is -3.94. The van der Waals surface area contributed by atoms with Gasteiger partial charge in [0.05, 0.1) is 25.9 Å². The van der Waals surface area contributed by atoms with Crippen LogP contribution in [0.15, 0.2) is 48.5 Å². The topological polar surface area (TPSA) is 86.3 Å². The molecular formula is C28H30N2O6. The Labute approximate surface area is 210 Å². The quantitative estimate of drug-likeness (QED) is 0.571. The van der Waals surface area contributed by atoms with E-state index in [0.29, 0.717) is 60.1 Å². The average molecular weight is 491 g/mol. The fourth-order valence-electron chi connectivity index (χ4n) is 4.91. The maximum Gasteiger partial charge on any atom is 0.258 e. The van der Waals surface area contributed by atoms with E-state index in [1.165, 1.54) is 0 Å². The first-order valence-electron chi connectivity index (χ1n) is 12.1. The van der Waals surface area contributed by atoms with Crippen molar-refractivity contribution in [1.82, 2.24) is 10.2 Å². The standard InChI is InChI=1S/C28H30N2O6/c1-17(2)35-19-8-9-24-22(16-19)26(31)29-28(36-24)10-12-30(13-11-28)27(32)18-14-21-20(25(15-18)34-4)6-5-7-23(21)33-3/h5-9,14-17H,10-13H2,1-4H3,(H,29,31). The monoisotopic (exact) mass is 490 g/mol. The van der Waals surface area contributed by atoms with Gasteiger partial charge in [-0.15, -0.1) is 0 Å². The molecule has 0 unspecified atom stereocenters. The van der Waals surface area contributed by atoms with E-state index >= 15 is 0 Å². The minimum atomic E-state index is -0.842. The summed E-state index contributed by atoms with van der Waals surface area (Å²) in [6, 6.07) is 14.6. The smallest absolute Gasteiger partial charge is 0.258 e. The number of piperidine rings is 1. The van der Waals surface area contributed by atoms with Gasteiger partial charge < -0.3 is 29.2 Å². The lowest BCUT2D eigenvalue weighted by Gasteiger charge is -2.44. The van der Waals surface area contributed by atoms with Crippen LogP contribution in [0.2, 0.25) is 0 Å². The number of likely N-dealkylation sites (tertiary alicyclic amines) is 1. The Balaban J connectivity index is 1.34. The van der Waals surface area contributed by atoms with Crippen LogP contribution in [0.5, 0.6) is 23.0 Å². The number of ether oxygens (including phenoxy) is 4. The van der Waals surface area contributed by atoms with E-state index in [2.05, 4.69) is 5.32 Å².